The standard InChI is InChI=1S/C23H30N2O4/c1-16-8-6-7-9-19(16)15-25(17(2)23(27)24-3)22(26)13-11-18-10-12-20(28-4)21(14-18)29-5/h6-10,12,14,17H,11,13,15H2,1-5H3,(H,24,27)/t17-/m1/s1. The monoisotopic (exact) mass is 398 g/mol. The molecule has 0 aliphatic carbocycles. The van der Waals surface area contributed by atoms with Crippen LogP contribution in [0.4, 0.5) is 0 Å². The molecule has 0 aromatic heterocycles. The maximum Gasteiger partial charge on any atom is 0.242 e. The van der Waals surface area contributed by atoms with Crippen LogP contribution in [0.5, 0.6) is 11.5 Å². The molecule has 2 aromatic carbocycles. The highest BCUT2D eigenvalue weighted by Crippen LogP contribution is 2.28. The van der Waals surface area contributed by atoms with Gasteiger partial charge < -0.3 is 19.7 Å². The molecule has 0 unspecified atom stereocenters. The van der Waals surface area contributed by atoms with Crippen molar-refractivity contribution in [1.82, 2.24) is 10.2 Å². The van der Waals surface area contributed by atoms with Crippen LogP contribution in [0.1, 0.15) is 30.0 Å². The van der Waals surface area contributed by atoms with Gasteiger partial charge in [-0.05, 0) is 49.1 Å². The van der Waals surface area contributed by atoms with Crippen LogP contribution >= 0.6 is 0 Å². The van der Waals surface area contributed by atoms with E-state index in [0.717, 1.165) is 16.7 Å². The molecule has 0 fully saturated rings. The lowest BCUT2D eigenvalue weighted by Gasteiger charge is -2.29. The molecular weight excluding hydrogens is 368 g/mol. The maximum atomic E-state index is 13.1. The fourth-order valence-corrected chi connectivity index (χ4v) is 3.19. The van der Waals surface area contributed by atoms with Gasteiger partial charge in [-0.2, -0.15) is 0 Å². The van der Waals surface area contributed by atoms with Crippen LogP contribution in [-0.2, 0) is 22.6 Å². The van der Waals surface area contributed by atoms with Crippen molar-refractivity contribution < 1.29 is 19.1 Å². The number of hydrogen-bond acceptors (Lipinski definition) is 4. The molecule has 1 atom stereocenters. The fourth-order valence-electron chi connectivity index (χ4n) is 3.19. The highest BCUT2D eigenvalue weighted by Gasteiger charge is 2.25. The molecule has 0 saturated carbocycles. The molecule has 6 heteroatoms. The quantitative estimate of drug-likeness (QED) is 0.705. The highest BCUT2D eigenvalue weighted by molar-refractivity contribution is 5.87. The Balaban J connectivity index is 2.16. The molecule has 0 aliphatic heterocycles. The van der Waals surface area contributed by atoms with Crippen LogP contribution in [0.2, 0.25) is 0 Å². The van der Waals surface area contributed by atoms with Crippen LogP contribution < -0.4 is 14.8 Å². The first-order chi connectivity index (χ1) is 13.9. The van der Waals surface area contributed by atoms with E-state index in [1.807, 2.05) is 49.4 Å². The minimum Gasteiger partial charge on any atom is -0.493 e. The Morgan fingerprint density at radius 3 is 2.38 bits per heavy atom. The number of likely N-dealkylation sites (N-methyl/N-ethyl adjacent to an activating group) is 1. The zero-order valence-corrected chi connectivity index (χ0v) is 17.8. The largest absolute Gasteiger partial charge is 0.493 e. The van der Waals surface area contributed by atoms with Gasteiger partial charge in [-0.15, -0.1) is 0 Å². The predicted molar refractivity (Wildman–Crippen MR) is 113 cm³/mol. The van der Waals surface area contributed by atoms with Gasteiger partial charge in [-0.1, -0.05) is 30.3 Å². The van der Waals surface area contributed by atoms with Crippen LogP contribution in [0.3, 0.4) is 0 Å². The molecule has 2 amide bonds. The first-order valence-electron chi connectivity index (χ1n) is 9.67. The van der Waals surface area contributed by atoms with Gasteiger partial charge in [0.2, 0.25) is 11.8 Å². The van der Waals surface area contributed by atoms with Gasteiger partial charge in [-0.3, -0.25) is 9.59 Å². The van der Waals surface area contributed by atoms with Gasteiger partial charge in [0.1, 0.15) is 6.04 Å². The smallest absolute Gasteiger partial charge is 0.242 e. The van der Waals surface area contributed by atoms with Gasteiger partial charge in [-0.25, -0.2) is 0 Å². The van der Waals surface area contributed by atoms with Crippen LogP contribution in [0.25, 0.3) is 0 Å². The highest BCUT2D eigenvalue weighted by atomic mass is 16.5. The summed E-state index contributed by atoms with van der Waals surface area (Å²) < 4.78 is 10.6. The average molecular weight is 399 g/mol. The number of rotatable bonds is 9. The Morgan fingerprint density at radius 1 is 1.07 bits per heavy atom. The molecular formula is C23H30N2O4. The van der Waals surface area contributed by atoms with E-state index in [9.17, 15) is 9.59 Å². The number of nitrogens with one attached hydrogen (secondary N) is 1. The molecule has 0 bridgehead atoms. The van der Waals surface area contributed by atoms with Crippen LogP contribution in [0.15, 0.2) is 42.5 Å². The first-order valence-corrected chi connectivity index (χ1v) is 9.67. The van der Waals surface area contributed by atoms with Crippen molar-refractivity contribution in [2.45, 2.75) is 39.3 Å². The summed E-state index contributed by atoms with van der Waals surface area (Å²) in [6.45, 7) is 4.16. The maximum absolute atomic E-state index is 13.1. The summed E-state index contributed by atoms with van der Waals surface area (Å²) >= 11 is 0. The Kier molecular flexibility index (Phi) is 8.07. The Labute approximate surface area is 172 Å². The number of nitrogens with zero attached hydrogens (tertiary/aromatic N) is 1. The van der Waals surface area contributed by atoms with Gasteiger partial charge >= 0.3 is 0 Å². The Bertz CT molecular complexity index is 851. The Morgan fingerprint density at radius 2 is 1.76 bits per heavy atom. The third-order valence-corrected chi connectivity index (χ3v) is 5.09. The number of amides is 2. The zero-order valence-electron chi connectivity index (χ0n) is 17.8. The lowest BCUT2D eigenvalue weighted by Crippen LogP contribution is -2.46. The summed E-state index contributed by atoms with van der Waals surface area (Å²) in [5.74, 6) is 1.03. The molecule has 0 radical (unpaired) electrons. The number of ether oxygens (including phenoxy) is 2. The van der Waals surface area contributed by atoms with E-state index < -0.39 is 6.04 Å². The molecule has 156 valence electrons. The Hall–Kier alpha value is -3.02. The number of aryl methyl sites for hydroxylation is 2. The van der Waals surface area contributed by atoms with E-state index in [0.29, 0.717) is 30.9 Å². The summed E-state index contributed by atoms with van der Waals surface area (Å²) in [5, 5.41) is 2.64. The van der Waals surface area contributed by atoms with E-state index in [1.165, 1.54) is 0 Å². The van der Waals surface area contributed by atoms with Crippen molar-refractivity contribution >= 4 is 11.8 Å². The lowest BCUT2D eigenvalue weighted by molar-refractivity contribution is -0.140. The molecule has 2 rings (SSSR count). The molecule has 1 N–H and O–H groups in total. The third-order valence-electron chi connectivity index (χ3n) is 5.09. The first kappa shape index (κ1) is 22.3. The van der Waals surface area contributed by atoms with Gasteiger partial charge in [0, 0.05) is 20.0 Å². The van der Waals surface area contributed by atoms with Crippen molar-refractivity contribution in [2.24, 2.45) is 0 Å². The van der Waals surface area contributed by atoms with Crippen molar-refractivity contribution in [3.63, 3.8) is 0 Å². The molecule has 0 spiro atoms. The fraction of sp³-hybridized carbons (Fsp3) is 0.391. The number of hydrogen-bond donors (Lipinski definition) is 1. The normalized spacial score (nSPS) is 11.5. The van der Waals surface area contributed by atoms with Crippen molar-refractivity contribution in [3.05, 3.63) is 59.2 Å². The second kappa shape index (κ2) is 10.5. The van der Waals surface area contributed by atoms with Crippen LogP contribution in [0, 0.1) is 6.92 Å². The van der Waals surface area contributed by atoms with E-state index in [4.69, 9.17) is 9.47 Å². The second-order valence-electron chi connectivity index (χ2n) is 6.93. The second-order valence-corrected chi connectivity index (χ2v) is 6.93. The summed E-state index contributed by atoms with van der Waals surface area (Å²) in [7, 11) is 4.76. The summed E-state index contributed by atoms with van der Waals surface area (Å²) in [6.07, 6.45) is 0.840. The number of carbonyl (C=O) groups is 2. The number of benzene rings is 2. The molecule has 0 aliphatic rings. The zero-order chi connectivity index (χ0) is 21.4. The van der Waals surface area contributed by atoms with E-state index >= 15 is 0 Å². The van der Waals surface area contributed by atoms with Gasteiger partial charge in [0.15, 0.2) is 11.5 Å². The topological polar surface area (TPSA) is 67.9 Å². The summed E-state index contributed by atoms with van der Waals surface area (Å²) in [5.41, 5.74) is 3.09. The van der Waals surface area contributed by atoms with E-state index in [-0.39, 0.29) is 11.8 Å². The minimum atomic E-state index is -0.558. The molecule has 0 saturated heterocycles. The molecule has 29 heavy (non-hydrogen) atoms. The van der Waals surface area contributed by atoms with E-state index in [2.05, 4.69) is 5.32 Å². The van der Waals surface area contributed by atoms with Crippen LogP contribution in [-0.4, -0.2) is 44.0 Å². The lowest BCUT2D eigenvalue weighted by atomic mass is 10.1. The minimum absolute atomic E-state index is 0.0702. The SMILES string of the molecule is CNC(=O)[C@@H](C)N(Cc1ccccc1C)C(=O)CCc1ccc(OC)c(OC)c1. The van der Waals surface area contributed by atoms with Crippen molar-refractivity contribution in [3.8, 4) is 11.5 Å². The molecule has 0 heterocycles. The van der Waals surface area contributed by atoms with Crippen molar-refractivity contribution in [2.75, 3.05) is 21.3 Å². The molecule has 2 aromatic rings. The van der Waals surface area contributed by atoms with Gasteiger partial charge in [0.25, 0.3) is 0 Å². The predicted octanol–water partition coefficient (Wildman–Crippen LogP) is 3.11. The van der Waals surface area contributed by atoms with E-state index in [1.54, 1.807) is 33.1 Å². The van der Waals surface area contributed by atoms with Crippen molar-refractivity contribution in [1.29, 1.82) is 0 Å². The third kappa shape index (κ3) is 5.73. The molecule has 6 nitrogen and oxygen atoms in total. The number of carbonyl (C=O) groups excluding carboxylic acids is 2. The summed E-state index contributed by atoms with van der Waals surface area (Å²) in [6, 6.07) is 13.0. The van der Waals surface area contributed by atoms with Gasteiger partial charge in [0.05, 0.1) is 14.2 Å². The number of methoxy groups -OCH3 is 2. The average Bonchev–Trinajstić information content (AvgIpc) is 2.75. The summed E-state index contributed by atoms with van der Waals surface area (Å²) in [4.78, 5) is 26.9.